The molecule has 0 bridgehead atoms. The van der Waals surface area contributed by atoms with Crippen LogP contribution in [-0.2, 0) is 9.53 Å². The highest BCUT2D eigenvalue weighted by atomic mass is 16.5. The minimum Gasteiger partial charge on any atom is -0.465 e. The zero-order valence-corrected chi connectivity index (χ0v) is 16.6. The van der Waals surface area contributed by atoms with E-state index in [2.05, 4.69) is 38.3 Å². The third kappa shape index (κ3) is 5.09. The number of hydrogen-bond acceptors (Lipinski definition) is 4. The van der Waals surface area contributed by atoms with Crippen LogP contribution in [0.2, 0.25) is 0 Å². The number of ether oxygens (including phenoxy) is 1. The van der Waals surface area contributed by atoms with E-state index in [9.17, 15) is 9.59 Å². The van der Waals surface area contributed by atoms with E-state index < -0.39 is 5.97 Å². The minimum atomic E-state index is -0.439. The Balaban J connectivity index is 2.17. The van der Waals surface area contributed by atoms with Crippen LogP contribution >= 0.6 is 0 Å². The molecule has 0 fully saturated rings. The molecule has 0 unspecified atom stereocenters. The van der Waals surface area contributed by atoms with Gasteiger partial charge in [0.25, 0.3) is 0 Å². The molecule has 1 amide bonds. The molecule has 2 N–H and O–H groups in total. The molecular formula is C22H28N2O3. The molecule has 0 heterocycles. The van der Waals surface area contributed by atoms with Crippen LogP contribution in [0.25, 0.3) is 0 Å². The van der Waals surface area contributed by atoms with E-state index in [-0.39, 0.29) is 12.5 Å². The first-order chi connectivity index (χ1) is 12.8. The molecule has 0 aliphatic rings. The van der Waals surface area contributed by atoms with Crippen LogP contribution < -0.4 is 10.6 Å². The summed E-state index contributed by atoms with van der Waals surface area (Å²) < 4.78 is 4.78. The lowest BCUT2D eigenvalue weighted by molar-refractivity contribution is -0.114. The molecule has 0 aromatic heterocycles. The Bertz CT molecular complexity index is 787. The Morgan fingerprint density at radius 2 is 1.52 bits per heavy atom. The van der Waals surface area contributed by atoms with Crippen LogP contribution in [0.5, 0.6) is 0 Å². The van der Waals surface area contributed by atoms with Gasteiger partial charge in [0, 0.05) is 11.4 Å². The zero-order chi connectivity index (χ0) is 20.0. The molecule has 0 saturated heterocycles. The molecule has 5 nitrogen and oxygen atoms in total. The van der Waals surface area contributed by atoms with Gasteiger partial charge >= 0.3 is 5.97 Å². The molecule has 0 aliphatic heterocycles. The highest BCUT2D eigenvalue weighted by Gasteiger charge is 2.17. The van der Waals surface area contributed by atoms with Gasteiger partial charge in [0.05, 0.1) is 19.2 Å². The zero-order valence-electron chi connectivity index (χ0n) is 16.6. The number of esters is 1. The maximum atomic E-state index is 12.6. The lowest BCUT2D eigenvalue weighted by Gasteiger charge is -2.20. The summed E-state index contributed by atoms with van der Waals surface area (Å²) in [6.07, 6.45) is 0. The first kappa shape index (κ1) is 20.5. The lowest BCUT2D eigenvalue weighted by Crippen LogP contribution is -2.24. The van der Waals surface area contributed by atoms with Gasteiger partial charge in [-0.3, -0.25) is 4.79 Å². The normalized spacial score (nSPS) is 10.8. The molecule has 27 heavy (non-hydrogen) atoms. The van der Waals surface area contributed by atoms with Gasteiger partial charge in [0.15, 0.2) is 0 Å². The van der Waals surface area contributed by atoms with Crippen molar-refractivity contribution in [3.8, 4) is 0 Å². The number of hydrogen-bond donors (Lipinski definition) is 2. The molecule has 0 saturated carbocycles. The summed E-state index contributed by atoms with van der Waals surface area (Å²) in [6.45, 7) is 8.50. The van der Waals surface area contributed by atoms with E-state index in [1.807, 2.05) is 18.2 Å². The number of carbonyl (C=O) groups excluding carboxylic acids is 2. The van der Waals surface area contributed by atoms with Crippen molar-refractivity contribution in [2.75, 3.05) is 24.3 Å². The van der Waals surface area contributed by atoms with Crippen molar-refractivity contribution in [1.82, 2.24) is 0 Å². The second-order valence-corrected chi connectivity index (χ2v) is 7.06. The van der Waals surface area contributed by atoms with Crippen molar-refractivity contribution in [2.45, 2.75) is 39.5 Å². The summed E-state index contributed by atoms with van der Waals surface area (Å²) in [5, 5.41) is 6.09. The Kier molecular flexibility index (Phi) is 6.99. The highest BCUT2D eigenvalue weighted by Crippen LogP contribution is 2.32. The summed E-state index contributed by atoms with van der Waals surface area (Å²) in [7, 11) is 1.34. The Labute approximate surface area is 161 Å². The summed E-state index contributed by atoms with van der Waals surface area (Å²) in [5.74, 6) is -0.00514. The van der Waals surface area contributed by atoms with Gasteiger partial charge in [-0.25, -0.2) is 4.79 Å². The molecule has 0 aliphatic carbocycles. The van der Waals surface area contributed by atoms with E-state index in [0.29, 0.717) is 23.1 Å². The average molecular weight is 368 g/mol. The quantitative estimate of drug-likeness (QED) is 0.691. The monoisotopic (exact) mass is 368 g/mol. The number of methoxy groups -OCH3 is 1. The van der Waals surface area contributed by atoms with Gasteiger partial charge in [-0.1, -0.05) is 58.0 Å². The van der Waals surface area contributed by atoms with Crippen molar-refractivity contribution in [1.29, 1.82) is 0 Å². The molecule has 0 atom stereocenters. The molecule has 0 spiro atoms. The predicted octanol–water partition coefficient (Wildman–Crippen LogP) is 4.77. The van der Waals surface area contributed by atoms with Gasteiger partial charge in [-0.05, 0) is 35.1 Å². The summed E-state index contributed by atoms with van der Waals surface area (Å²) in [6, 6.07) is 13.1. The third-order valence-corrected chi connectivity index (χ3v) is 4.41. The van der Waals surface area contributed by atoms with Crippen molar-refractivity contribution in [3.05, 3.63) is 59.2 Å². The first-order valence-electron chi connectivity index (χ1n) is 9.19. The topological polar surface area (TPSA) is 67.4 Å². The Morgan fingerprint density at radius 1 is 0.926 bits per heavy atom. The maximum absolute atomic E-state index is 12.6. The van der Waals surface area contributed by atoms with E-state index >= 15 is 0 Å². The van der Waals surface area contributed by atoms with Crippen LogP contribution in [-0.4, -0.2) is 25.5 Å². The molecule has 144 valence electrons. The number of rotatable bonds is 7. The second-order valence-electron chi connectivity index (χ2n) is 7.06. The standard InChI is InChI=1S/C22H28N2O3/c1-14(2)16-10-8-11-17(15(3)4)21(16)24-20(25)13-23-19-12-7-6-9-18(19)22(26)27-5/h6-12,14-15,23H,13H2,1-5H3,(H,24,25). The van der Waals surface area contributed by atoms with E-state index in [1.165, 1.54) is 7.11 Å². The molecule has 0 radical (unpaired) electrons. The van der Waals surface area contributed by atoms with Crippen molar-refractivity contribution >= 4 is 23.3 Å². The van der Waals surface area contributed by atoms with Crippen molar-refractivity contribution < 1.29 is 14.3 Å². The fourth-order valence-corrected chi connectivity index (χ4v) is 2.98. The van der Waals surface area contributed by atoms with Crippen molar-refractivity contribution in [2.24, 2.45) is 0 Å². The van der Waals surface area contributed by atoms with Gasteiger partial charge in [0.2, 0.25) is 5.91 Å². The summed E-state index contributed by atoms with van der Waals surface area (Å²) in [4.78, 5) is 24.4. The van der Waals surface area contributed by atoms with E-state index in [0.717, 1.165) is 16.8 Å². The average Bonchev–Trinajstić information content (AvgIpc) is 2.65. The Morgan fingerprint density at radius 3 is 2.07 bits per heavy atom. The molecule has 2 rings (SSSR count). The fraction of sp³-hybridized carbons (Fsp3) is 0.364. The van der Waals surface area contributed by atoms with Gasteiger partial charge in [0.1, 0.15) is 0 Å². The predicted molar refractivity (Wildman–Crippen MR) is 110 cm³/mol. The van der Waals surface area contributed by atoms with Crippen LogP contribution in [0.1, 0.15) is 61.0 Å². The van der Waals surface area contributed by atoms with Crippen LogP contribution in [0, 0.1) is 0 Å². The molecule has 5 heteroatoms. The third-order valence-electron chi connectivity index (χ3n) is 4.41. The summed E-state index contributed by atoms with van der Waals surface area (Å²) >= 11 is 0. The number of benzene rings is 2. The van der Waals surface area contributed by atoms with E-state index in [1.54, 1.807) is 24.3 Å². The maximum Gasteiger partial charge on any atom is 0.339 e. The lowest BCUT2D eigenvalue weighted by atomic mass is 9.92. The number of amides is 1. The van der Waals surface area contributed by atoms with Crippen molar-refractivity contribution in [3.63, 3.8) is 0 Å². The largest absolute Gasteiger partial charge is 0.465 e. The van der Waals surface area contributed by atoms with Crippen LogP contribution in [0.15, 0.2) is 42.5 Å². The number of nitrogens with one attached hydrogen (secondary N) is 2. The number of para-hydroxylation sites is 2. The Hall–Kier alpha value is -2.82. The summed E-state index contributed by atoms with van der Waals surface area (Å²) in [5.41, 5.74) is 4.09. The fourth-order valence-electron chi connectivity index (χ4n) is 2.98. The molecular weight excluding hydrogens is 340 g/mol. The molecule has 2 aromatic carbocycles. The minimum absolute atomic E-state index is 0.0535. The van der Waals surface area contributed by atoms with Gasteiger partial charge < -0.3 is 15.4 Å². The highest BCUT2D eigenvalue weighted by molar-refractivity contribution is 5.98. The van der Waals surface area contributed by atoms with Crippen LogP contribution in [0.4, 0.5) is 11.4 Å². The second kappa shape index (κ2) is 9.21. The molecule has 2 aromatic rings. The van der Waals surface area contributed by atoms with E-state index in [4.69, 9.17) is 4.74 Å². The van der Waals surface area contributed by atoms with Gasteiger partial charge in [-0.15, -0.1) is 0 Å². The number of anilines is 2. The SMILES string of the molecule is COC(=O)c1ccccc1NCC(=O)Nc1c(C(C)C)cccc1C(C)C. The number of carbonyl (C=O) groups is 2. The van der Waals surface area contributed by atoms with Crippen LogP contribution in [0.3, 0.4) is 0 Å². The first-order valence-corrected chi connectivity index (χ1v) is 9.19. The van der Waals surface area contributed by atoms with Gasteiger partial charge in [-0.2, -0.15) is 0 Å². The smallest absolute Gasteiger partial charge is 0.339 e.